The topological polar surface area (TPSA) is 101 Å². The summed E-state index contributed by atoms with van der Waals surface area (Å²) in [7, 11) is 0. The number of nitrogens with one attached hydrogen (secondary N) is 2. The lowest BCUT2D eigenvalue weighted by molar-refractivity contribution is -0.123. The van der Waals surface area contributed by atoms with E-state index in [1.54, 1.807) is 18.2 Å². The van der Waals surface area contributed by atoms with Gasteiger partial charge in [0.05, 0.1) is 17.0 Å². The molecular weight excluding hydrogens is 438 g/mol. The van der Waals surface area contributed by atoms with Crippen LogP contribution in [0.5, 0.6) is 0 Å². The van der Waals surface area contributed by atoms with E-state index in [0.717, 1.165) is 5.56 Å². The zero-order valence-corrected chi connectivity index (χ0v) is 18.3. The van der Waals surface area contributed by atoms with E-state index in [1.165, 1.54) is 37.3 Å². The van der Waals surface area contributed by atoms with E-state index in [9.17, 15) is 18.4 Å². The largest absolute Gasteiger partial charge is 0.368 e. The Morgan fingerprint density at radius 1 is 1.00 bits per heavy atom. The van der Waals surface area contributed by atoms with Crippen LogP contribution in [0.3, 0.4) is 0 Å². The summed E-state index contributed by atoms with van der Waals surface area (Å²) >= 11 is 0. The Balaban J connectivity index is 1.67. The molecule has 4 N–H and O–H groups in total. The summed E-state index contributed by atoms with van der Waals surface area (Å²) in [5.41, 5.74) is 6.36. The number of amides is 2. The molecule has 2 amide bonds. The van der Waals surface area contributed by atoms with Gasteiger partial charge in [0, 0.05) is 17.5 Å². The van der Waals surface area contributed by atoms with Crippen molar-refractivity contribution in [2.75, 3.05) is 0 Å². The van der Waals surface area contributed by atoms with E-state index < -0.39 is 23.2 Å². The highest BCUT2D eigenvalue weighted by Crippen LogP contribution is 2.29. The number of nitrogens with two attached hydrogens (primary N) is 1. The fourth-order valence-electron chi connectivity index (χ4n) is 3.72. The van der Waals surface area contributed by atoms with Crippen molar-refractivity contribution < 1.29 is 18.4 Å². The van der Waals surface area contributed by atoms with Gasteiger partial charge in [-0.15, -0.1) is 0 Å². The minimum atomic E-state index is -1.41. The zero-order valence-electron chi connectivity index (χ0n) is 18.3. The monoisotopic (exact) mass is 460 g/mol. The standard InChI is InChI=1S/C26H22F2N4O2/c1-26(25(29)34,15-16-6-3-2-4-7-16)30-24(33)19-8-5-9-20(28)23(19)22-14-21(31-32-22)17-10-12-18(27)13-11-17/h2-14H,15H2,1H3,(H2,29,34)(H,30,33)(H,31,32). The summed E-state index contributed by atoms with van der Waals surface area (Å²) in [4.78, 5) is 25.5. The van der Waals surface area contributed by atoms with Gasteiger partial charge in [0.25, 0.3) is 5.91 Å². The molecule has 8 heteroatoms. The molecule has 1 heterocycles. The Labute approximate surface area is 194 Å². The molecular formula is C26H22F2N4O2. The number of carbonyl (C=O) groups is 2. The number of rotatable bonds is 7. The van der Waals surface area contributed by atoms with Crippen molar-refractivity contribution in [2.24, 2.45) is 5.73 Å². The molecule has 0 aliphatic carbocycles. The minimum Gasteiger partial charge on any atom is -0.368 e. The number of H-pyrrole nitrogens is 1. The second-order valence-electron chi connectivity index (χ2n) is 8.15. The van der Waals surface area contributed by atoms with E-state index in [0.29, 0.717) is 11.3 Å². The molecule has 6 nitrogen and oxygen atoms in total. The first-order valence-electron chi connectivity index (χ1n) is 10.5. The minimum absolute atomic E-state index is 0.00704. The number of hydrogen-bond acceptors (Lipinski definition) is 3. The first kappa shape index (κ1) is 22.8. The quantitative estimate of drug-likeness (QED) is 0.385. The molecule has 0 saturated heterocycles. The van der Waals surface area contributed by atoms with Gasteiger partial charge < -0.3 is 11.1 Å². The Bertz CT molecular complexity index is 1340. The predicted octanol–water partition coefficient (Wildman–Crippen LogP) is 4.24. The van der Waals surface area contributed by atoms with Crippen molar-refractivity contribution in [3.63, 3.8) is 0 Å². The molecule has 0 spiro atoms. The molecule has 0 aliphatic heterocycles. The van der Waals surface area contributed by atoms with Crippen LogP contribution in [0, 0.1) is 11.6 Å². The highest BCUT2D eigenvalue weighted by Gasteiger charge is 2.34. The first-order valence-corrected chi connectivity index (χ1v) is 10.5. The average molecular weight is 460 g/mol. The summed E-state index contributed by atoms with van der Waals surface area (Å²) in [6.07, 6.45) is 0.165. The summed E-state index contributed by atoms with van der Waals surface area (Å²) < 4.78 is 28.2. The maximum atomic E-state index is 14.9. The molecule has 0 radical (unpaired) electrons. The molecule has 1 unspecified atom stereocenters. The SMILES string of the molecule is CC(Cc1ccccc1)(NC(=O)c1cccc(F)c1-c1cc(-c2ccc(F)cc2)n[nH]1)C(N)=O. The zero-order chi connectivity index (χ0) is 24.3. The van der Waals surface area contributed by atoms with Gasteiger partial charge in [-0.3, -0.25) is 14.7 Å². The number of carbonyl (C=O) groups excluding carboxylic acids is 2. The summed E-state index contributed by atoms with van der Waals surface area (Å²) in [5.74, 6) is -2.42. The highest BCUT2D eigenvalue weighted by molar-refractivity contribution is 6.03. The van der Waals surface area contributed by atoms with E-state index in [4.69, 9.17) is 5.73 Å². The van der Waals surface area contributed by atoms with Crippen LogP contribution in [0.4, 0.5) is 8.78 Å². The van der Waals surface area contributed by atoms with Crippen LogP contribution in [0.1, 0.15) is 22.8 Å². The molecule has 0 fully saturated rings. The second-order valence-corrected chi connectivity index (χ2v) is 8.15. The van der Waals surface area contributed by atoms with Crippen molar-refractivity contribution in [3.05, 3.63) is 102 Å². The number of benzene rings is 3. The van der Waals surface area contributed by atoms with Gasteiger partial charge in [-0.2, -0.15) is 5.10 Å². The van der Waals surface area contributed by atoms with Crippen molar-refractivity contribution in [3.8, 4) is 22.5 Å². The smallest absolute Gasteiger partial charge is 0.252 e. The van der Waals surface area contributed by atoms with E-state index >= 15 is 0 Å². The molecule has 4 rings (SSSR count). The van der Waals surface area contributed by atoms with Gasteiger partial charge in [-0.25, -0.2) is 8.78 Å². The Hall–Kier alpha value is -4.33. The van der Waals surface area contributed by atoms with Gasteiger partial charge in [-0.1, -0.05) is 36.4 Å². The highest BCUT2D eigenvalue weighted by atomic mass is 19.1. The van der Waals surface area contributed by atoms with E-state index in [1.807, 2.05) is 30.3 Å². The second kappa shape index (κ2) is 9.27. The number of primary amides is 1. The van der Waals surface area contributed by atoms with Crippen LogP contribution in [0.25, 0.3) is 22.5 Å². The molecule has 1 aromatic heterocycles. The third kappa shape index (κ3) is 4.71. The maximum absolute atomic E-state index is 14.9. The van der Waals surface area contributed by atoms with Crippen LogP contribution < -0.4 is 11.1 Å². The van der Waals surface area contributed by atoms with Crippen LogP contribution in [0.15, 0.2) is 78.9 Å². The lowest BCUT2D eigenvalue weighted by atomic mass is 9.91. The van der Waals surface area contributed by atoms with Crippen LogP contribution in [0.2, 0.25) is 0 Å². The van der Waals surface area contributed by atoms with Crippen molar-refractivity contribution in [1.82, 2.24) is 15.5 Å². The third-order valence-corrected chi connectivity index (χ3v) is 5.58. The normalized spacial score (nSPS) is 12.7. The summed E-state index contributed by atoms with van der Waals surface area (Å²) in [6, 6.07) is 20.5. The fourth-order valence-corrected chi connectivity index (χ4v) is 3.72. The molecule has 1 atom stereocenters. The van der Waals surface area contributed by atoms with Gasteiger partial charge in [0.1, 0.15) is 17.2 Å². The Morgan fingerprint density at radius 3 is 2.38 bits per heavy atom. The Kier molecular flexibility index (Phi) is 6.23. The molecule has 0 bridgehead atoms. The number of halogens is 2. The average Bonchev–Trinajstić information content (AvgIpc) is 3.29. The van der Waals surface area contributed by atoms with Gasteiger partial charge in [0.15, 0.2) is 0 Å². The molecule has 34 heavy (non-hydrogen) atoms. The number of hydrogen-bond donors (Lipinski definition) is 3. The molecule has 0 aliphatic rings. The van der Waals surface area contributed by atoms with Gasteiger partial charge in [-0.05, 0) is 55.0 Å². The molecule has 172 valence electrons. The lowest BCUT2D eigenvalue weighted by Crippen LogP contribution is -2.56. The molecule has 4 aromatic rings. The first-order chi connectivity index (χ1) is 16.3. The third-order valence-electron chi connectivity index (χ3n) is 5.58. The van der Waals surface area contributed by atoms with Crippen molar-refractivity contribution >= 4 is 11.8 Å². The van der Waals surface area contributed by atoms with E-state index in [-0.39, 0.29) is 29.1 Å². The van der Waals surface area contributed by atoms with Gasteiger partial charge >= 0.3 is 0 Å². The van der Waals surface area contributed by atoms with Crippen LogP contribution in [-0.2, 0) is 11.2 Å². The van der Waals surface area contributed by atoms with Crippen molar-refractivity contribution in [2.45, 2.75) is 18.9 Å². The molecule has 0 saturated carbocycles. The van der Waals surface area contributed by atoms with Gasteiger partial charge in [0.2, 0.25) is 5.91 Å². The lowest BCUT2D eigenvalue weighted by Gasteiger charge is -2.28. The van der Waals surface area contributed by atoms with Crippen LogP contribution in [-0.4, -0.2) is 27.6 Å². The fraction of sp³-hybridized carbons (Fsp3) is 0.115. The Morgan fingerprint density at radius 2 is 1.71 bits per heavy atom. The summed E-state index contributed by atoms with van der Waals surface area (Å²) in [6.45, 7) is 1.53. The maximum Gasteiger partial charge on any atom is 0.252 e. The van der Waals surface area contributed by atoms with Crippen LogP contribution >= 0.6 is 0 Å². The molecule has 3 aromatic carbocycles. The predicted molar refractivity (Wildman–Crippen MR) is 125 cm³/mol. The van der Waals surface area contributed by atoms with Crippen molar-refractivity contribution in [1.29, 1.82) is 0 Å². The number of aromatic nitrogens is 2. The summed E-state index contributed by atoms with van der Waals surface area (Å²) in [5, 5.41) is 9.60. The number of aromatic amines is 1. The van der Waals surface area contributed by atoms with E-state index in [2.05, 4.69) is 15.5 Å². The number of nitrogens with zero attached hydrogens (tertiary/aromatic N) is 1.